The first kappa shape index (κ1) is 10.7. The smallest absolute Gasteiger partial charge is 0.137 e. The summed E-state index contributed by atoms with van der Waals surface area (Å²) in [5, 5.41) is 0.605. The van der Waals surface area contributed by atoms with Crippen molar-refractivity contribution in [2.75, 3.05) is 18.0 Å². The predicted molar refractivity (Wildman–Crippen MR) is 62.5 cm³/mol. The van der Waals surface area contributed by atoms with Gasteiger partial charge in [0.05, 0.1) is 0 Å². The molecule has 0 amide bonds. The highest BCUT2D eigenvalue weighted by Crippen LogP contribution is 2.25. The Morgan fingerprint density at radius 1 is 1.27 bits per heavy atom. The molecule has 1 aromatic rings. The molecule has 0 N–H and O–H groups in total. The van der Waals surface area contributed by atoms with E-state index in [0.717, 1.165) is 30.9 Å². The monoisotopic (exact) mass is 225 g/mol. The van der Waals surface area contributed by atoms with Crippen molar-refractivity contribution < 1.29 is 0 Å². The van der Waals surface area contributed by atoms with Crippen LogP contribution in [0.15, 0.2) is 6.33 Å². The first-order chi connectivity index (χ1) is 7.33. The predicted octanol–water partition coefficient (Wildman–Crippen LogP) is 2.68. The Bertz CT molecular complexity index is 335. The Labute approximate surface area is 95.5 Å². The van der Waals surface area contributed by atoms with E-state index in [4.69, 9.17) is 11.6 Å². The van der Waals surface area contributed by atoms with Gasteiger partial charge < -0.3 is 4.90 Å². The summed E-state index contributed by atoms with van der Waals surface area (Å²) < 4.78 is 0. The fourth-order valence-corrected chi connectivity index (χ4v) is 2.33. The maximum atomic E-state index is 6.07. The van der Waals surface area contributed by atoms with Crippen LogP contribution in [0.25, 0.3) is 0 Å². The van der Waals surface area contributed by atoms with Crippen LogP contribution in [0.4, 0.5) is 5.82 Å². The van der Waals surface area contributed by atoms with E-state index in [1.807, 2.05) is 0 Å². The third-order valence-corrected chi connectivity index (χ3v) is 3.20. The zero-order chi connectivity index (χ0) is 10.7. The number of anilines is 1. The molecule has 4 heteroatoms. The van der Waals surface area contributed by atoms with Crippen molar-refractivity contribution in [3.05, 3.63) is 17.0 Å². The standard InChI is InChI=1S/C11H16ClN3/c1-2-9-10(12)13-8-14-11(9)15-6-4-3-5-7-15/h8H,2-7H2,1H3. The summed E-state index contributed by atoms with van der Waals surface area (Å²) in [6.45, 7) is 4.29. The molecule has 1 aliphatic heterocycles. The molecule has 1 saturated heterocycles. The summed E-state index contributed by atoms with van der Waals surface area (Å²) in [6.07, 6.45) is 6.29. The van der Waals surface area contributed by atoms with Gasteiger partial charge in [0.2, 0.25) is 0 Å². The second kappa shape index (κ2) is 4.79. The lowest BCUT2D eigenvalue weighted by Gasteiger charge is -2.29. The maximum Gasteiger partial charge on any atom is 0.137 e. The molecule has 1 fully saturated rings. The SMILES string of the molecule is CCc1c(Cl)ncnc1N1CCCCC1. The summed E-state index contributed by atoms with van der Waals surface area (Å²) in [7, 11) is 0. The van der Waals surface area contributed by atoms with Gasteiger partial charge >= 0.3 is 0 Å². The highest BCUT2D eigenvalue weighted by atomic mass is 35.5. The molecule has 15 heavy (non-hydrogen) atoms. The largest absolute Gasteiger partial charge is 0.356 e. The van der Waals surface area contributed by atoms with Crippen LogP contribution >= 0.6 is 11.6 Å². The van der Waals surface area contributed by atoms with Gasteiger partial charge in [-0.15, -0.1) is 0 Å². The zero-order valence-electron chi connectivity index (χ0n) is 9.04. The number of nitrogens with zero attached hydrogens (tertiary/aromatic N) is 3. The molecule has 0 saturated carbocycles. The van der Waals surface area contributed by atoms with E-state index in [1.54, 1.807) is 6.33 Å². The first-order valence-corrected chi connectivity index (χ1v) is 5.95. The molecular weight excluding hydrogens is 210 g/mol. The lowest BCUT2D eigenvalue weighted by atomic mass is 10.1. The van der Waals surface area contributed by atoms with Gasteiger partial charge in [0.25, 0.3) is 0 Å². The van der Waals surface area contributed by atoms with Crippen LogP contribution < -0.4 is 4.90 Å². The molecule has 82 valence electrons. The van der Waals surface area contributed by atoms with E-state index >= 15 is 0 Å². The normalized spacial score (nSPS) is 16.8. The fourth-order valence-electron chi connectivity index (χ4n) is 2.06. The Morgan fingerprint density at radius 2 is 2.00 bits per heavy atom. The Hall–Kier alpha value is -0.830. The van der Waals surface area contributed by atoms with Crippen LogP contribution in [-0.2, 0) is 6.42 Å². The van der Waals surface area contributed by atoms with E-state index in [9.17, 15) is 0 Å². The average molecular weight is 226 g/mol. The van der Waals surface area contributed by atoms with Crippen LogP contribution in [0.5, 0.6) is 0 Å². The van der Waals surface area contributed by atoms with Crippen molar-refractivity contribution in [2.45, 2.75) is 32.6 Å². The minimum Gasteiger partial charge on any atom is -0.356 e. The molecule has 0 radical (unpaired) electrons. The molecule has 2 rings (SSSR count). The number of aromatic nitrogens is 2. The van der Waals surface area contributed by atoms with E-state index in [0.29, 0.717) is 5.15 Å². The van der Waals surface area contributed by atoms with Crippen molar-refractivity contribution in [3.8, 4) is 0 Å². The number of hydrogen-bond acceptors (Lipinski definition) is 3. The summed E-state index contributed by atoms with van der Waals surface area (Å²) in [6, 6.07) is 0. The molecule has 0 spiro atoms. The lowest BCUT2D eigenvalue weighted by Crippen LogP contribution is -2.31. The average Bonchev–Trinajstić information content (AvgIpc) is 2.30. The van der Waals surface area contributed by atoms with Gasteiger partial charge in [-0.3, -0.25) is 0 Å². The zero-order valence-corrected chi connectivity index (χ0v) is 9.80. The van der Waals surface area contributed by atoms with Crippen molar-refractivity contribution in [3.63, 3.8) is 0 Å². The van der Waals surface area contributed by atoms with Crippen LogP contribution in [0.1, 0.15) is 31.7 Å². The molecule has 3 nitrogen and oxygen atoms in total. The third-order valence-electron chi connectivity index (χ3n) is 2.88. The van der Waals surface area contributed by atoms with Crippen LogP contribution in [0.3, 0.4) is 0 Å². The van der Waals surface area contributed by atoms with Gasteiger partial charge in [-0.25, -0.2) is 9.97 Å². The van der Waals surface area contributed by atoms with Gasteiger partial charge in [-0.2, -0.15) is 0 Å². The molecular formula is C11H16ClN3. The van der Waals surface area contributed by atoms with Gasteiger partial charge in [0.1, 0.15) is 17.3 Å². The minimum atomic E-state index is 0.605. The second-order valence-electron chi connectivity index (χ2n) is 3.87. The molecule has 1 aliphatic rings. The molecule has 0 bridgehead atoms. The minimum absolute atomic E-state index is 0.605. The van der Waals surface area contributed by atoms with Gasteiger partial charge in [-0.05, 0) is 25.7 Å². The summed E-state index contributed by atoms with van der Waals surface area (Å²) in [5.74, 6) is 1.04. The highest BCUT2D eigenvalue weighted by molar-refractivity contribution is 6.30. The van der Waals surface area contributed by atoms with Gasteiger partial charge in [-0.1, -0.05) is 18.5 Å². The molecule has 1 aromatic heterocycles. The summed E-state index contributed by atoms with van der Waals surface area (Å²) >= 11 is 6.07. The second-order valence-corrected chi connectivity index (χ2v) is 4.23. The maximum absolute atomic E-state index is 6.07. The Balaban J connectivity index is 2.29. The van der Waals surface area contributed by atoms with E-state index in [1.165, 1.54) is 19.3 Å². The Kier molecular flexibility index (Phi) is 3.41. The summed E-state index contributed by atoms with van der Waals surface area (Å²) in [5.41, 5.74) is 1.08. The number of rotatable bonds is 2. The van der Waals surface area contributed by atoms with Crippen LogP contribution in [0.2, 0.25) is 5.15 Å². The van der Waals surface area contributed by atoms with Crippen molar-refractivity contribution in [1.29, 1.82) is 0 Å². The molecule has 0 unspecified atom stereocenters. The van der Waals surface area contributed by atoms with Crippen molar-refractivity contribution in [2.24, 2.45) is 0 Å². The van der Waals surface area contributed by atoms with Crippen molar-refractivity contribution in [1.82, 2.24) is 9.97 Å². The van der Waals surface area contributed by atoms with Gasteiger partial charge in [0, 0.05) is 18.7 Å². The fraction of sp³-hybridized carbons (Fsp3) is 0.636. The van der Waals surface area contributed by atoms with Gasteiger partial charge in [0.15, 0.2) is 0 Å². The van der Waals surface area contributed by atoms with E-state index in [2.05, 4.69) is 21.8 Å². The third kappa shape index (κ3) is 2.23. The molecule has 0 aliphatic carbocycles. The number of piperidine rings is 1. The highest BCUT2D eigenvalue weighted by Gasteiger charge is 2.17. The van der Waals surface area contributed by atoms with Crippen LogP contribution in [0, 0.1) is 0 Å². The molecule has 0 aromatic carbocycles. The first-order valence-electron chi connectivity index (χ1n) is 5.57. The molecule has 0 atom stereocenters. The van der Waals surface area contributed by atoms with E-state index < -0.39 is 0 Å². The lowest BCUT2D eigenvalue weighted by molar-refractivity contribution is 0.571. The summed E-state index contributed by atoms with van der Waals surface area (Å²) in [4.78, 5) is 10.7. The topological polar surface area (TPSA) is 29.0 Å². The quantitative estimate of drug-likeness (QED) is 0.725. The van der Waals surface area contributed by atoms with E-state index in [-0.39, 0.29) is 0 Å². The van der Waals surface area contributed by atoms with Crippen molar-refractivity contribution >= 4 is 17.4 Å². The number of halogens is 1. The Morgan fingerprint density at radius 3 is 2.67 bits per heavy atom. The molecule has 2 heterocycles. The van der Waals surface area contributed by atoms with Crippen LogP contribution in [-0.4, -0.2) is 23.1 Å². The number of hydrogen-bond donors (Lipinski definition) is 0.